The molecule has 0 heterocycles. The first-order valence-corrected chi connectivity index (χ1v) is 6.69. The van der Waals surface area contributed by atoms with Crippen molar-refractivity contribution >= 4 is 27.3 Å². The number of nitrogens with zero attached hydrogens (tertiary/aromatic N) is 1. The highest BCUT2D eigenvalue weighted by Gasteiger charge is 2.13. The Morgan fingerprint density at radius 3 is 2.70 bits per heavy atom. The second-order valence-electron chi connectivity index (χ2n) is 4.35. The third-order valence-electron chi connectivity index (χ3n) is 2.88. The standard InChI is InChI=1S/C14H12BrFN2O2/c1-9-6-12(3-4-13(9)16)17-8-10-7-11(15)2-5-14(10)18(19)20/h2-7,17H,8H2,1H3. The van der Waals surface area contributed by atoms with E-state index in [1.54, 1.807) is 31.2 Å². The molecule has 0 aliphatic rings. The quantitative estimate of drug-likeness (QED) is 0.663. The number of hydrogen-bond acceptors (Lipinski definition) is 3. The van der Waals surface area contributed by atoms with E-state index in [0.717, 1.165) is 10.2 Å². The average Bonchev–Trinajstić information content (AvgIpc) is 2.40. The third-order valence-corrected chi connectivity index (χ3v) is 3.37. The van der Waals surface area contributed by atoms with Crippen LogP contribution in [-0.2, 0) is 6.54 Å². The van der Waals surface area contributed by atoms with Gasteiger partial charge >= 0.3 is 0 Å². The Hall–Kier alpha value is -1.95. The van der Waals surface area contributed by atoms with Gasteiger partial charge in [-0.2, -0.15) is 0 Å². The zero-order chi connectivity index (χ0) is 14.7. The predicted octanol–water partition coefficient (Wildman–Crippen LogP) is 4.42. The van der Waals surface area contributed by atoms with Crippen LogP contribution in [-0.4, -0.2) is 4.92 Å². The second kappa shape index (κ2) is 6.00. The van der Waals surface area contributed by atoms with Gasteiger partial charge in [-0.1, -0.05) is 15.9 Å². The molecule has 6 heteroatoms. The summed E-state index contributed by atoms with van der Waals surface area (Å²) in [5.74, 6) is -0.274. The van der Waals surface area contributed by atoms with E-state index in [4.69, 9.17) is 0 Å². The first-order chi connectivity index (χ1) is 9.47. The van der Waals surface area contributed by atoms with E-state index in [0.29, 0.717) is 17.7 Å². The normalized spacial score (nSPS) is 10.3. The van der Waals surface area contributed by atoms with Crippen molar-refractivity contribution in [2.75, 3.05) is 5.32 Å². The van der Waals surface area contributed by atoms with Crippen LogP contribution in [0.3, 0.4) is 0 Å². The first-order valence-electron chi connectivity index (χ1n) is 5.90. The van der Waals surface area contributed by atoms with E-state index in [2.05, 4.69) is 21.2 Å². The fourth-order valence-corrected chi connectivity index (χ4v) is 2.23. The first kappa shape index (κ1) is 14.5. The van der Waals surface area contributed by atoms with Crippen molar-refractivity contribution in [1.82, 2.24) is 0 Å². The number of aryl methyl sites for hydroxylation is 1. The Morgan fingerprint density at radius 2 is 2.05 bits per heavy atom. The summed E-state index contributed by atoms with van der Waals surface area (Å²) in [4.78, 5) is 10.5. The molecule has 0 amide bonds. The van der Waals surface area contributed by atoms with Crippen molar-refractivity contribution in [1.29, 1.82) is 0 Å². The van der Waals surface area contributed by atoms with Crippen LogP contribution in [0.4, 0.5) is 15.8 Å². The SMILES string of the molecule is Cc1cc(NCc2cc(Br)ccc2[N+](=O)[O-])ccc1F. The van der Waals surface area contributed by atoms with Gasteiger partial charge in [0.25, 0.3) is 5.69 Å². The van der Waals surface area contributed by atoms with Crippen LogP contribution in [0.1, 0.15) is 11.1 Å². The van der Waals surface area contributed by atoms with Crippen LogP contribution in [0.15, 0.2) is 40.9 Å². The summed E-state index contributed by atoms with van der Waals surface area (Å²) in [5, 5.41) is 14.0. The molecule has 0 radical (unpaired) electrons. The molecule has 0 aliphatic carbocycles. The molecule has 2 aromatic carbocycles. The minimum atomic E-state index is -0.417. The highest BCUT2D eigenvalue weighted by atomic mass is 79.9. The molecular weight excluding hydrogens is 327 g/mol. The molecule has 0 atom stereocenters. The van der Waals surface area contributed by atoms with Gasteiger partial charge in [-0.15, -0.1) is 0 Å². The number of halogens is 2. The van der Waals surface area contributed by atoms with Gasteiger partial charge in [-0.3, -0.25) is 10.1 Å². The molecule has 0 spiro atoms. The lowest BCUT2D eigenvalue weighted by molar-refractivity contribution is -0.385. The maximum atomic E-state index is 13.2. The van der Waals surface area contributed by atoms with Crippen LogP contribution in [0, 0.1) is 22.9 Å². The molecule has 104 valence electrons. The van der Waals surface area contributed by atoms with E-state index in [1.165, 1.54) is 12.1 Å². The zero-order valence-electron chi connectivity index (χ0n) is 10.7. The number of nitro groups is 1. The van der Waals surface area contributed by atoms with E-state index < -0.39 is 4.92 Å². The van der Waals surface area contributed by atoms with Gasteiger partial charge in [0.05, 0.1) is 4.92 Å². The molecule has 0 aliphatic heterocycles. The maximum absolute atomic E-state index is 13.2. The summed E-state index contributed by atoms with van der Waals surface area (Å²) in [7, 11) is 0. The monoisotopic (exact) mass is 338 g/mol. The Labute approximate surface area is 123 Å². The van der Waals surface area contributed by atoms with E-state index in [9.17, 15) is 14.5 Å². The Kier molecular flexibility index (Phi) is 4.34. The van der Waals surface area contributed by atoms with E-state index in [-0.39, 0.29) is 11.5 Å². The Bertz CT molecular complexity index is 662. The van der Waals surface area contributed by atoms with E-state index in [1.807, 2.05) is 0 Å². The number of nitro benzene ring substituents is 1. The molecule has 0 saturated heterocycles. The predicted molar refractivity (Wildman–Crippen MR) is 79.3 cm³/mol. The minimum absolute atomic E-state index is 0.0551. The van der Waals surface area contributed by atoms with Crippen molar-refractivity contribution in [3.63, 3.8) is 0 Å². The highest BCUT2D eigenvalue weighted by Crippen LogP contribution is 2.24. The van der Waals surface area contributed by atoms with Crippen LogP contribution < -0.4 is 5.32 Å². The highest BCUT2D eigenvalue weighted by molar-refractivity contribution is 9.10. The average molecular weight is 339 g/mol. The molecule has 4 nitrogen and oxygen atoms in total. The molecule has 2 aromatic rings. The lowest BCUT2D eigenvalue weighted by atomic mass is 10.1. The van der Waals surface area contributed by atoms with Crippen molar-refractivity contribution < 1.29 is 9.31 Å². The van der Waals surface area contributed by atoms with Gasteiger partial charge in [0, 0.05) is 28.3 Å². The minimum Gasteiger partial charge on any atom is -0.381 e. The van der Waals surface area contributed by atoms with Gasteiger partial charge < -0.3 is 5.32 Å². The third kappa shape index (κ3) is 3.33. The van der Waals surface area contributed by atoms with Crippen LogP contribution >= 0.6 is 15.9 Å². The second-order valence-corrected chi connectivity index (χ2v) is 5.26. The topological polar surface area (TPSA) is 55.2 Å². The molecule has 0 unspecified atom stereocenters. The van der Waals surface area contributed by atoms with Crippen molar-refractivity contribution in [2.24, 2.45) is 0 Å². The summed E-state index contributed by atoms with van der Waals surface area (Å²) in [5.41, 5.74) is 1.86. The van der Waals surface area contributed by atoms with Crippen molar-refractivity contribution in [3.05, 3.63) is 67.9 Å². The van der Waals surface area contributed by atoms with Crippen LogP contribution in [0.2, 0.25) is 0 Å². The maximum Gasteiger partial charge on any atom is 0.274 e. The van der Waals surface area contributed by atoms with Crippen LogP contribution in [0.5, 0.6) is 0 Å². The number of hydrogen-bond donors (Lipinski definition) is 1. The molecular formula is C14H12BrFN2O2. The molecule has 0 bridgehead atoms. The lowest BCUT2D eigenvalue weighted by Gasteiger charge is -2.08. The molecule has 1 N–H and O–H groups in total. The molecule has 0 aromatic heterocycles. The van der Waals surface area contributed by atoms with Gasteiger partial charge in [-0.05, 0) is 42.8 Å². The van der Waals surface area contributed by atoms with Crippen LogP contribution in [0.25, 0.3) is 0 Å². The number of nitrogens with one attached hydrogen (secondary N) is 1. The molecule has 2 rings (SSSR count). The van der Waals surface area contributed by atoms with Gasteiger partial charge in [0.2, 0.25) is 0 Å². The summed E-state index contributed by atoms with van der Waals surface area (Å²) in [6.45, 7) is 1.96. The van der Waals surface area contributed by atoms with Gasteiger partial charge in [0.15, 0.2) is 0 Å². The summed E-state index contributed by atoms with van der Waals surface area (Å²) in [6.07, 6.45) is 0. The van der Waals surface area contributed by atoms with Crippen molar-refractivity contribution in [3.8, 4) is 0 Å². The Balaban J connectivity index is 2.20. The Morgan fingerprint density at radius 1 is 1.30 bits per heavy atom. The summed E-state index contributed by atoms with van der Waals surface area (Å²) in [6, 6.07) is 9.42. The van der Waals surface area contributed by atoms with Crippen molar-refractivity contribution in [2.45, 2.75) is 13.5 Å². The number of benzene rings is 2. The molecule has 0 fully saturated rings. The fraction of sp³-hybridized carbons (Fsp3) is 0.143. The molecule has 20 heavy (non-hydrogen) atoms. The lowest BCUT2D eigenvalue weighted by Crippen LogP contribution is -2.03. The van der Waals surface area contributed by atoms with Gasteiger partial charge in [-0.25, -0.2) is 4.39 Å². The summed E-state index contributed by atoms with van der Waals surface area (Å²) < 4.78 is 13.9. The van der Waals surface area contributed by atoms with Gasteiger partial charge in [0.1, 0.15) is 5.82 Å². The smallest absolute Gasteiger partial charge is 0.274 e. The zero-order valence-corrected chi connectivity index (χ0v) is 12.3. The summed E-state index contributed by atoms with van der Waals surface area (Å²) >= 11 is 3.29. The molecule has 0 saturated carbocycles. The fourth-order valence-electron chi connectivity index (χ4n) is 1.83. The number of anilines is 1. The van der Waals surface area contributed by atoms with E-state index >= 15 is 0 Å². The largest absolute Gasteiger partial charge is 0.381 e. The number of rotatable bonds is 4.